The number of carbonyl (C=O) groups excluding carboxylic acids is 2. The number of carbonyl (C=O) groups is 2. The van der Waals surface area contributed by atoms with Crippen LogP contribution in [0.2, 0.25) is 0 Å². The fourth-order valence-corrected chi connectivity index (χ4v) is 3.88. The predicted molar refractivity (Wildman–Crippen MR) is 108 cm³/mol. The van der Waals surface area contributed by atoms with Gasteiger partial charge in [-0.15, -0.1) is 0 Å². The van der Waals surface area contributed by atoms with Gasteiger partial charge in [-0.3, -0.25) is 9.59 Å². The van der Waals surface area contributed by atoms with E-state index in [0.717, 1.165) is 16.4 Å². The van der Waals surface area contributed by atoms with Gasteiger partial charge in [0.1, 0.15) is 16.5 Å². The van der Waals surface area contributed by atoms with Gasteiger partial charge in [-0.1, -0.05) is 12.1 Å². The maximum atomic E-state index is 13.5. The summed E-state index contributed by atoms with van der Waals surface area (Å²) < 4.78 is 49.6. The zero-order valence-electron chi connectivity index (χ0n) is 16.8. The van der Waals surface area contributed by atoms with Crippen LogP contribution < -0.4 is 10.1 Å². The van der Waals surface area contributed by atoms with Crippen molar-refractivity contribution in [2.45, 2.75) is 18.2 Å². The number of amides is 1. The first-order valence-electron chi connectivity index (χ1n) is 9.01. The van der Waals surface area contributed by atoms with Gasteiger partial charge in [0, 0.05) is 12.7 Å². The largest absolute Gasteiger partial charge is 0.495 e. The van der Waals surface area contributed by atoms with Gasteiger partial charge in [-0.25, -0.2) is 12.8 Å². The lowest BCUT2D eigenvalue weighted by Gasteiger charge is -2.18. The number of benzene rings is 2. The van der Waals surface area contributed by atoms with E-state index in [1.54, 1.807) is 31.2 Å². The minimum atomic E-state index is -4.16. The van der Waals surface area contributed by atoms with Crippen molar-refractivity contribution in [3.8, 4) is 5.75 Å². The zero-order chi connectivity index (χ0) is 22.3. The molecular weight excluding hydrogens is 415 g/mol. The fourth-order valence-electron chi connectivity index (χ4n) is 2.59. The number of hydrogen-bond donors (Lipinski definition) is 1. The van der Waals surface area contributed by atoms with Crippen LogP contribution in [-0.2, 0) is 30.8 Å². The maximum Gasteiger partial charge on any atom is 0.310 e. The van der Waals surface area contributed by atoms with Gasteiger partial charge in [0.05, 0.1) is 26.7 Å². The van der Waals surface area contributed by atoms with E-state index in [2.05, 4.69) is 5.32 Å². The van der Waals surface area contributed by atoms with Gasteiger partial charge in [-0.05, 0) is 42.8 Å². The van der Waals surface area contributed by atoms with Crippen LogP contribution in [0.15, 0.2) is 47.4 Å². The summed E-state index contributed by atoms with van der Waals surface area (Å²) in [7, 11) is -1.68. The van der Waals surface area contributed by atoms with Crippen molar-refractivity contribution in [2.24, 2.45) is 0 Å². The number of nitrogens with zero attached hydrogens (tertiary/aromatic N) is 1. The van der Waals surface area contributed by atoms with Crippen molar-refractivity contribution in [3.63, 3.8) is 0 Å². The Bertz CT molecular complexity index is 1010. The molecule has 0 bridgehead atoms. The molecule has 0 aliphatic rings. The Balaban J connectivity index is 2.04. The highest BCUT2D eigenvalue weighted by Gasteiger charge is 2.27. The molecule has 30 heavy (non-hydrogen) atoms. The highest BCUT2D eigenvalue weighted by molar-refractivity contribution is 7.89. The number of hydrogen-bond acceptors (Lipinski definition) is 6. The number of methoxy groups -OCH3 is 1. The van der Waals surface area contributed by atoms with Crippen LogP contribution >= 0.6 is 0 Å². The van der Waals surface area contributed by atoms with Gasteiger partial charge >= 0.3 is 5.97 Å². The molecule has 0 saturated heterocycles. The Morgan fingerprint density at radius 3 is 2.40 bits per heavy atom. The smallest absolute Gasteiger partial charge is 0.310 e. The first-order valence-corrected chi connectivity index (χ1v) is 10.5. The fraction of sp³-hybridized carbons (Fsp3) is 0.300. The lowest BCUT2D eigenvalue weighted by Crippen LogP contribution is -2.35. The summed E-state index contributed by atoms with van der Waals surface area (Å²) in [6.07, 6.45) is 0.110. The van der Waals surface area contributed by atoms with E-state index < -0.39 is 28.3 Å². The summed E-state index contributed by atoms with van der Waals surface area (Å²) in [6.45, 7) is 1.52. The van der Waals surface area contributed by atoms with Crippen LogP contribution in [-0.4, -0.2) is 51.9 Å². The van der Waals surface area contributed by atoms with Crippen LogP contribution in [0.3, 0.4) is 0 Å². The number of halogens is 1. The SMILES string of the molecule is CCOC(=O)Cc1ccc(NC(=O)CN(C)S(=O)(=O)c2cc(F)ccc2OC)cc1. The second-order valence-corrected chi connectivity index (χ2v) is 8.30. The van der Waals surface area contributed by atoms with Crippen LogP contribution in [0.4, 0.5) is 10.1 Å². The number of sulfonamides is 1. The lowest BCUT2D eigenvalue weighted by atomic mass is 10.1. The summed E-state index contributed by atoms with van der Waals surface area (Å²) in [6, 6.07) is 9.62. The molecular formula is C20H23FN2O6S. The quantitative estimate of drug-likeness (QED) is 0.603. The van der Waals surface area contributed by atoms with E-state index in [0.29, 0.717) is 17.9 Å². The topological polar surface area (TPSA) is 102 Å². The summed E-state index contributed by atoms with van der Waals surface area (Å²) in [5.74, 6) is -1.71. The molecule has 1 amide bonds. The molecule has 2 aromatic rings. The molecule has 2 aromatic carbocycles. The van der Waals surface area contributed by atoms with Crippen molar-refractivity contribution < 1.29 is 31.9 Å². The van der Waals surface area contributed by atoms with Crippen LogP contribution in [0.5, 0.6) is 5.75 Å². The number of nitrogens with one attached hydrogen (secondary N) is 1. The molecule has 8 nitrogen and oxygen atoms in total. The van der Waals surface area contributed by atoms with E-state index >= 15 is 0 Å². The van der Waals surface area contributed by atoms with E-state index in [9.17, 15) is 22.4 Å². The third kappa shape index (κ3) is 6.01. The standard InChI is InChI=1S/C20H23FN2O6S/c1-4-29-20(25)11-14-5-8-16(9-6-14)22-19(24)13-23(2)30(26,27)18-12-15(21)7-10-17(18)28-3/h5-10,12H,4,11,13H2,1-3H3,(H,22,24). The molecule has 0 aliphatic heterocycles. The minimum absolute atomic E-state index is 0.0270. The third-order valence-corrected chi connectivity index (χ3v) is 5.90. The molecule has 0 spiro atoms. The van der Waals surface area contributed by atoms with Crippen molar-refractivity contribution >= 4 is 27.6 Å². The molecule has 0 unspecified atom stereocenters. The molecule has 162 valence electrons. The molecule has 0 aliphatic carbocycles. The van der Waals surface area contributed by atoms with E-state index in [-0.39, 0.29) is 23.0 Å². The van der Waals surface area contributed by atoms with Crippen LogP contribution in [0, 0.1) is 5.82 Å². The Kier molecular flexibility index (Phi) is 7.90. The molecule has 0 aromatic heterocycles. The number of likely N-dealkylation sites (N-methyl/N-ethyl adjacent to an activating group) is 1. The molecule has 0 radical (unpaired) electrons. The summed E-state index contributed by atoms with van der Waals surface area (Å²) >= 11 is 0. The van der Waals surface area contributed by atoms with Gasteiger partial charge in [0.15, 0.2) is 0 Å². The minimum Gasteiger partial charge on any atom is -0.495 e. The number of ether oxygens (including phenoxy) is 2. The first kappa shape index (κ1) is 23.3. The second kappa shape index (κ2) is 10.2. The number of esters is 1. The maximum absolute atomic E-state index is 13.5. The van der Waals surface area contributed by atoms with Crippen molar-refractivity contribution in [3.05, 3.63) is 53.8 Å². The Morgan fingerprint density at radius 2 is 1.80 bits per heavy atom. The molecule has 0 saturated carbocycles. The lowest BCUT2D eigenvalue weighted by molar-refractivity contribution is -0.142. The van der Waals surface area contributed by atoms with Gasteiger partial charge in [0.2, 0.25) is 15.9 Å². The molecule has 10 heteroatoms. The Labute approximate surface area is 174 Å². The Hall–Kier alpha value is -2.98. The average Bonchev–Trinajstić information content (AvgIpc) is 2.69. The van der Waals surface area contributed by atoms with E-state index in [1.165, 1.54) is 20.2 Å². The van der Waals surface area contributed by atoms with Crippen molar-refractivity contribution in [1.29, 1.82) is 0 Å². The highest BCUT2D eigenvalue weighted by Crippen LogP contribution is 2.26. The predicted octanol–water partition coefficient (Wildman–Crippen LogP) is 2.20. The summed E-state index contributed by atoms with van der Waals surface area (Å²) in [4.78, 5) is 23.4. The van der Waals surface area contributed by atoms with E-state index in [4.69, 9.17) is 9.47 Å². The highest BCUT2D eigenvalue weighted by atomic mass is 32.2. The van der Waals surface area contributed by atoms with Crippen LogP contribution in [0.1, 0.15) is 12.5 Å². The Morgan fingerprint density at radius 1 is 1.13 bits per heavy atom. The van der Waals surface area contributed by atoms with Crippen LogP contribution in [0.25, 0.3) is 0 Å². The molecule has 0 atom stereocenters. The summed E-state index contributed by atoms with van der Waals surface area (Å²) in [5, 5.41) is 2.58. The molecule has 2 rings (SSSR count). The summed E-state index contributed by atoms with van der Waals surface area (Å²) in [5.41, 5.74) is 1.14. The van der Waals surface area contributed by atoms with Gasteiger partial charge in [-0.2, -0.15) is 4.31 Å². The first-order chi connectivity index (χ1) is 14.2. The molecule has 0 fully saturated rings. The molecule has 0 heterocycles. The van der Waals surface area contributed by atoms with Gasteiger partial charge in [0.25, 0.3) is 0 Å². The monoisotopic (exact) mass is 438 g/mol. The third-order valence-electron chi connectivity index (χ3n) is 4.07. The van der Waals surface area contributed by atoms with Crippen molar-refractivity contribution in [1.82, 2.24) is 4.31 Å². The molecule has 1 N–H and O–H groups in total. The van der Waals surface area contributed by atoms with Crippen molar-refractivity contribution in [2.75, 3.05) is 32.6 Å². The average molecular weight is 438 g/mol. The number of rotatable bonds is 9. The van der Waals surface area contributed by atoms with Gasteiger partial charge < -0.3 is 14.8 Å². The van der Waals surface area contributed by atoms with E-state index in [1.807, 2.05) is 0 Å². The zero-order valence-corrected chi connectivity index (χ0v) is 17.7. The number of anilines is 1. The normalized spacial score (nSPS) is 11.2. The second-order valence-electron chi connectivity index (χ2n) is 6.28.